The van der Waals surface area contributed by atoms with Gasteiger partial charge < -0.3 is 24.8 Å². The summed E-state index contributed by atoms with van der Waals surface area (Å²) in [7, 11) is 0. The molecule has 2 heterocycles. The minimum Gasteiger partial charge on any atom is -0.378 e. The van der Waals surface area contributed by atoms with Crippen molar-refractivity contribution >= 4 is 17.7 Å². The Bertz CT molecular complexity index is 839. The zero-order valence-corrected chi connectivity index (χ0v) is 18.9. The molecule has 33 heavy (non-hydrogen) atoms. The number of nitrogens with one attached hydrogen (secondary N) is 2. The molecule has 1 aliphatic heterocycles. The summed E-state index contributed by atoms with van der Waals surface area (Å²) in [5.74, 6) is -4.21. The lowest BCUT2D eigenvalue weighted by atomic mass is 10.0. The highest BCUT2D eigenvalue weighted by molar-refractivity contribution is 5.99. The molecule has 2 N–H and O–H groups in total. The van der Waals surface area contributed by atoms with Gasteiger partial charge in [0.1, 0.15) is 6.04 Å². The van der Waals surface area contributed by atoms with Crippen molar-refractivity contribution < 1.29 is 32.4 Å². The fourth-order valence-corrected chi connectivity index (χ4v) is 3.60. The van der Waals surface area contributed by atoms with Gasteiger partial charge in [-0.1, -0.05) is 25.4 Å². The molecule has 184 valence electrons. The Morgan fingerprint density at radius 3 is 2.45 bits per heavy atom. The lowest BCUT2D eigenvalue weighted by Crippen LogP contribution is -2.56. The van der Waals surface area contributed by atoms with E-state index in [1.807, 2.05) is 0 Å². The third-order valence-corrected chi connectivity index (χ3v) is 5.67. The van der Waals surface area contributed by atoms with Gasteiger partial charge in [0.05, 0.1) is 19.3 Å². The summed E-state index contributed by atoms with van der Waals surface area (Å²) in [4.78, 5) is 43.8. The van der Waals surface area contributed by atoms with Crippen LogP contribution in [0.3, 0.4) is 0 Å². The van der Waals surface area contributed by atoms with Gasteiger partial charge in [-0.2, -0.15) is 4.98 Å². The summed E-state index contributed by atoms with van der Waals surface area (Å²) in [6.07, 6.45) is 0.956. The summed E-state index contributed by atoms with van der Waals surface area (Å²) in [6, 6.07) is -3.20. The van der Waals surface area contributed by atoms with E-state index in [1.54, 1.807) is 13.8 Å². The molecule has 1 saturated heterocycles. The molecule has 10 nitrogen and oxygen atoms in total. The number of morpholine rings is 1. The topological polar surface area (TPSA) is 127 Å². The molecule has 2 atom stereocenters. The van der Waals surface area contributed by atoms with E-state index in [9.17, 15) is 23.2 Å². The SMILES string of the molecule is CCCC(F)(F)CC(NC(=O)N1CCOCC1)C(=O)N[C@@H](CC)C(=O)c1nc(C2CC2)no1. The van der Waals surface area contributed by atoms with Gasteiger partial charge in [0, 0.05) is 31.8 Å². The van der Waals surface area contributed by atoms with Gasteiger partial charge in [0.2, 0.25) is 11.7 Å². The zero-order chi connectivity index (χ0) is 24.0. The third-order valence-electron chi connectivity index (χ3n) is 5.67. The molecule has 12 heteroatoms. The van der Waals surface area contributed by atoms with Gasteiger partial charge in [-0.05, 0) is 19.3 Å². The molecule has 1 saturated carbocycles. The molecule has 3 amide bonds. The standard InChI is InChI=1S/C21H31F2N5O5/c1-3-7-21(22,23)12-15(25-20(31)28-8-10-32-11-9-28)18(30)24-14(4-2)16(29)19-26-17(27-33-19)13-5-6-13/h13-15H,3-12H2,1-2H3,(H,24,30)(H,25,31)/t14-,15?/m0/s1. The Labute approximate surface area is 190 Å². The van der Waals surface area contributed by atoms with Crippen molar-refractivity contribution in [2.45, 2.75) is 76.3 Å². The molecular formula is C21H31F2N5O5. The smallest absolute Gasteiger partial charge is 0.318 e. The molecule has 2 aliphatic rings. The second kappa shape index (κ2) is 11.0. The van der Waals surface area contributed by atoms with Crippen LogP contribution in [0.2, 0.25) is 0 Å². The maximum absolute atomic E-state index is 14.4. The maximum atomic E-state index is 14.4. The minimum atomic E-state index is -3.16. The van der Waals surface area contributed by atoms with Gasteiger partial charge >= 0.3 is 6.03 Å². The highest BCUT2D eigenvalue weighted by Gasteiger charge is 2.38. The molecule has 3 rings (SSSR count). The summed E-state index contributed by atoms with van der Waals surface area (Å²) >= 11 is 0. The van der Waals surface area contributed by atoms with Crippen molar-refractivity contribution in [2.75, 3.05) is 26.3 Å². The van der Waals surface area contributed by atoms with E-state index in [1.165, 1.54) is 4.90 Å². The van der Waals surface area contributed by atoms with Crippen molar-refractivity contribution in [3.8, 4) is 0 Å². The highest BCUT2D eigenvalue weighted by Crippen LogP contribution is 2.38. The monoisotopic (exact) mass is 471 g/mol. The highest BCUT2D eigenvalue weighted by atomic mass is 19.3. The fourth-order valence-electron chi connectivity index (χ4n) is 3.60. The molecule has 0 bridgehead atoms. The molecule has 0 radical (unpaired) electrons. The number of carbonyl (C=O) groups excluding carboxylic acids is 3. The van der Waals surface area contributed by atoms with Crippen LogP contribution in [0.1, 0.15) is 74.8 Å². The molecule has 0 spiro atoms. The summed E-state index contributed by atoms with van der Waals surface area (Å²) in [6.45, 7) is 4.52. The minimum absolute atomic E-state index is 0.182. The summed E-state index contributed by atoms with van der Waals surface area (Å²) < 4.78 is 39.0. The van der Waals surface area contributed by atoms with E-state index in [0.29, 0.717) is 32.1 Å². The predicted molar refractivity (Wildman–Crippen MR) is 112 cm³/mol. The number of hydrogen-bond donors (Lipinski definition) is 2. The largest absolute Gasteiger partial charge is 0.378 e. The number of ketones is 1. The number of amides is 3. The van der Waals surface area contributed by atoms with Gasteiger partial charge in [0.15, 0.2) is 5.82 Å². The lowest BCUT2D eigenvalue weighted by Gasteiger charge is -2.30. The molecular weight excluding hydrogens is 440 g/mol. The Morgan fingerprint density at radius 2 is 1.85 bits per heavy atom. The summed E-state index contributed by atoms with van der Waals surface area (Å²) in [5, 5.41) is 8.70. The van der Waals surface area contributed by atoms with E-state index in [2.05, 4.69) is 20.8 Å². The van der Waals surface area contributed by atoms with Crippen molar-refractivity contribution in [1.82, 2.24) is 25.7 Å². The zero-order valence-electron chi connectivity index (χ0n) is 18.9. The van der Waals surface area contributed by atoms with Crippen LogP contribution in [0.4, 0.5) is 13.6 Å². The van der Waals surface area contributed by atoms with Crippen molar-refractivity contribution in [3.63, 3.8) is 0 Å². The lowest BCUT2D eigenvalue weighted by molar-refractivity contribution is -0.126. The Balaban J connectivity index is 1.69. The fraction of sp³-hybridized carbons (Fsp3) is 0.762. The number of Topliss-reactive ketones (excluding diaryl/α,β-unsaturated/α-hetero) is 1. The van der Waals surface area contributed by atoms with Crippen LogP contribution < -0.4 is 10.6 Å². The third kappa shape index (κ3) is 6.92. The van der Waals surface area contributed by atoms with Crippen molar-refractivity contribution in [1.29, 1.82) is 0 Å². The van der Waals surface area contributed by atoms with Gasteiger partial charge in [-0.25, -0.2) is 13.6 Å². The average Bonchev–Trinajstić information content (AvgIpc) is 3.53. The van der Waals surface area contributed by atoms with Crippen LogP contribution in [0.25, 0.3) is 0 Å². The first kappa shape index (κ1) is 25.0. The van der Waals surface area contributed by atoms with Gasteiger partial charge in [0.25, 0.3) is 11.8 Å². The second-order valence-electron chi connectivity index (χ2n) is 8.48. The number of ether oxygens (including phenoxy) is 1. The number of carbonyl (C=O) groups is 3. The predicted octanol–water partition coefficient (Wildman–Crippen LogP) is 2.26. The van der Waals surface area contributed by atoms with E-state index in [0.717, 1.165) is 12.8 Å². The normalized spacial score (nSPS) is 18.5. The van der Waals surface area contributed by atoms with E-state index in [-0.39, 0.29) is 24.7 Å². The number of hydrogen-bond acceptors (Lipinski definition) is 7. The van der Waals surface area contributed by atoms with Gasteiger partial charge in [-0.3, -0.25) is 9.59 Å². The van der Waals surface area contributed by atoms with Crippen LogP contribution >= 0.6 is 0 Å². The number of rotatable bonds is 11. The van der Waals surface area contributed by atoms with Crippen LogP contribution in [0, 0.1) is 0 Å². The Kier molecular flexibility index (Phi) is 8.33. The van der Waals surface area contributed by atoms with E-state index in [4.69, 9.17) is 9.26 Å². The quantitative estimate of drug-likeness (QED) is 0.474. The van der Waals surface area contributed by atoms with Crippen LogP contribution in [0.15, 0.2) is 4.52 Å². The van der Waals surface area contributed by atoms with Crippen molar-refractivity contribution in [2.24, 2.45) is 0 Å². The average molecular weight is 472 g/mol. The molecule has 1 aliphatic carbocycles. The van der Waals surface area contributed by atoms with E-state index >= 15 is 0 Å². The van der Waals surface area contributed by atoms with Crippen LogP contribution in [-0.2, 0) is 9.53 Å². The molecule has 2 fully saturated rings. The van der Waals surface area contributed by atoms with E-state index < -0.39 is 48.6 Å². The first-order chi connectivity index (χ1) is 15.7. The maximum Gasteiger partial charge on any atom is 0.318 e. The van der Waals surface area contributed by atoms with Crippen LogP contribution in [-0.4, -0.2) is 77.1 Å². The van der Waals surface area contributed by atoms with Crippen molar-refractivity contribution in [3.05, 3.63) is 11.7 Å². The number of nitrogens with zero attached hydrogens (tertiary/aromatic N) is 3. The number of urea groups is 1. The number of aromatic nitrogens is 2. The molecule has 1 aromatic heterocycles. The van der Waals surface area contributed by atoms with Crippen LogP contribution in [0.5, 0.6) is 0 Å². The first-order valence-corrected chi connectivity index (χ1v) is 11.4. The second-order valence-corrected chi connectivity index (χ2v) is 8.48. The summed E-state index contributed by atoms with van der Waals surface area (Å²) in [5.41, 5.74) is 0. The van der Waals surface area contributed by atoms with Gasteiger partial charge in [-0.15, -0.1) is 0 Å². The number of halogens is 2. The molecule has 1 unspecified atom stereocenters. The number of alkyl halides is 2. The molecule has 0 aromatic carbocycles. The Morgan fingerprint density at radius 1 is 1.15 bits per heavy atom. The Hall–Kier alpha value is -2.63. The molecule has 1 aromatic rings. The first-order valence-electron chi connectivity index (χ1n) is 11.4.